The van der Waals surface area contributed by atoms with Crippen LogP contribution in [0.4, 0.5) is 5.69 Å². The third kappa shape index (κ3) is 2.89. The van der Waals surface area contributed by atoms with Crippen LogP contribution in [0, 0.1) is 0 Å². The second-order valence-electron chi connectivity index (χ2n) is 3.58. The number of furan rings is 1. The minimum absolute atomic E-state index is 0.724. The van der Waals surface area contributed by atoms with Crippen molar-refractivity contribution in [3.05, 3.63) is 52.4 Å². The van der Waals surface area contributed by atoms with Gasteiger partial charge in [-0.1, -0.05) is 22.9 Å². The van der Waals surface area contributed by atoms with Crippen LogP contribution in [0.1, 0.15) is 18.4 Å². The number of nitrogens with one attached hydrogen (secondary N) is 1. The molecule has 1 N–H and O–H groups in total. The lowest BCUT2D eigenvalue weighted by molar-refractivity contribution is 0.476. The van der Waals surface area contributed by atoms with E-state index in [0.29, 0.717) is 0 Å². The Morgan fingerprint density at radius 1 is 1.06 bits per heavy atom. The summed E-state index contributed by atoms with van der Waals surface area (Å²) in [6.07, 6.45) is 0.943. The smallest absolute Gasteiger partial charge is 0.123 e. The lowest BCUT2D eigenvalue weighted by Crippen LogP contribution is -1.97. The quantitative estimate of drug-likeness (QED) is 0.907. The molecule has 3 heteroatoms. The van der Waals surface area contributed by atoms with Crippen LogP contribution in [0.15, 0.2) is 45.3 Å². The van der Waals surface area contributed by atoms with E-state index in [1.165, 1.54) is 0 Å². The third-order valence-corrected chi connectivity index (χ3v) is 2.91. The maximum atomic E-state index is 5.61. The Hall–Kier alpha value is -1.22. The molecule has 1 aromatic carbocycles. The van der Waals surface area contributed by atoms with Gasteiger partial charge in [0.2, 0.25) is 0 Å². The molecule has 0 radical (unpaired) electrons. The van der Waals surface area contributed by atoms with Gasteiger partial charge in [-0.25, -0.2) is 0 Å². The van der Waals surface area contributed by atoms with Crippen molar-refractivity contribution in [2.24, 2.45) is 0 Å². The minimum atomic E-state index is 0.724. The summed E-state index contributed by atoms with van der Waals surface area (Å²) in [6.45, 7) is 2.81. The van der Waals surface area contributed by atoms with E-state index in [9.17, 15) is 0 Å². The molecule has 0 aliphatic heterocycles. The molecule has 0 aliphatic rings. The lowest BCUT2D eigenvalue weighted by atomic mass is 10.3. The summed E-state index contributed by atoms with van der Waals surface area (Å²) in [4.78, 5) is 0. The van der Waals surface area contributed by atoms with Gasteiger partial charge in [0, 0.05) is 16.6 Å². The van der Waals surface area contributed by atoms with Crippen molar-refractivity contribution >= 4 is 21.6 Å². The molecule has 0 saturated heterocycles. The Bertz CT molecular complexity index is 447. The Morgan fingerprint density at radius 2 is 1.75 bits per heavy atom. The van der Waals surface area contributed by atoms with Crippen molar-refractivity contribution in [2.75, 3.05) is 5.32 Å². The van der Waals surface area contributed by atoms with Gasteiger partial charge in [-0.3, -0.25) is 0 Å². The first-order valence-electron chi connectivity index (χ1n) is 5.35. The monoisotopic (exact) mass is 279 g/mol. The van der Waals surface area contributed by atoms with Crippen molar-refractivity contribution < 1.29 is 4.42 Å². The second-order valence-corrected chi connectivity index (χ2v) is 4.50. The van der Waals surface area contributed by atoms with Crippen LogP contribution in [-0.2, 0) is 13.0 Å². The molecule has 84 valence electrons. The fourth-order valence-electron chi connectivity index (χ4n) is 1.46. The van der Waals surface area contributed by atoms with E-state index in [-0.39, 0.29) is 0 Å². The van der Waals surface area contributed by atoms with Crippen molar-refractivity contribution in [2.45, 2.75) is 19.9 Å². The number of anilines is 1. The summed E-state index contributed by atoms with van der Waals surface area (Å²) in [5.41, 5.74) is 1.10. The highest BCUT2D eigenvalue weighted by Crippen LogP contribution is 2.15. The second kappa shape index (κ2) is 5.21. The number of halogens is 1. The van der Waals surface area contributed by atoms with Gasteiger partial charge in [0.25, 0.3) is 0 Å². The third-order valence-electron chi connectivity index (χ3n) is 2.38. The molecule has 0 unspecified atom stereocenters. The van der Waals surface area contributed by atoms with E-state index in [1.807, 2.05) is 36.4 Å². The molecule has 2 aromatic rings. The average Bonchev–Trinajstić information content (AvgIpc) is 2.76. The van der Waals surface area contributed by atoms with Gasteiger partial charge in [0.15, 0.2) is 0 Å². The molecule has 0 aliphatic carbocycles. The number of hydrogen-bond acceptors (Lipinski definition) is 2. The summed E-state index contributed by atoms with van der Waals surface area (Å²) in [5, 5.41) is 3.31. The van der Waals surface area contributed by atoms with Crippen LogP contribution in [0.25, 0.3) is 0 Å². The van der Waals surface area contributed by atoms with Crippen LogP contribution in [0.2, 0.25) is 0 Å². The van der Waals surface area contributed by atoms with Crippen molar-refractivity contribution in [1.29, 1.82) is 0 Å². The zero-order valence-electron chi connectivity index (χ0n) is 9.16. The summed E-state index contributed by atoms with van der Waals surface area (Å²) < 4.78 is 6.69. The summed E-state index contributed by atoms with van der Waals surface area (Å²) in [6, 6.07) is 12.1. The molecule has 2 rings (SSSR count). The van der Waals surface area contributed by atoms with E-state index in [1.54, 1.807) is 0 Å². The number of benzene rings is 1. The maximum absolute atomic E-state index is 5.61. The van der Waals surface area contributed by atoms with E-state index in [2.05, 4.69) is 28.2 Å². The Labute approximate surface area is 104 Å². The number of hydrogen-bond donors (Lipinski definition) is 1. The molecule has 0 amide bonds. The predicted molar refractivity (Wildman–Crippen MR) is 69.6 cm³/mol. The molecule has 2 nitrogen and oxygen atoms in total. The van der Waals surface area contributed by atoms with Gasteiger partial charge in [0.05, 0.1) is 6.54 Å². The average molecular weight is 280 g/mol. The highest BCUT2D eigenvalue weighted by atomic mass is 79.9. The fraction of sp³-hybridized carbons (Fsp3) is 0.231. The van der Waals surface area contributed by atoms with Crippen molar-refractivity contribution in [3.8, 4) is 0 Å². The fourth-order valence-corrected chi connectivity index (χ4v) is 1.73. The summed E-state index contributed by atoms with van der Waals surface area (Å²) in [7, 11) is 0. The van der Waals surface area contributed by atoms with Crippen LogP contribution in [0.5, 0.6) is 0 Å². The van der Waals surface area contributed by atoms with Gasteiger partial charge in [-0.15, -0.1) is 0 Å². The van der Waals surface area contributed by atoms with Crippen molar-refractivity contribution in [1.82, 2.24) is 0 Å². The molecule has 16 heavy (non-hydrogen) atoms. The normalized spacial score (nSPS) is 10.4. The largest absolute Gasteiger partial charge is 0.464 e. The van der Waals surface area contributed by atoms with Gasteiger partial charge in [0.1, 0.15) is 11.5 Å². The first-order chi connectivity index (χ1) is 7.78. The van der Waals surface area contributed by atoms with Crippen molar-refractivity contribution in [3.63, 3.8) is 0 Å². The first-order valence-corrected chi connectivity index (χ1v) is 6.14. The highest BCUT2D eigenvalue weighted by Gasteiger charge is 1.99. The van der Waals surface area contributed by atoms with Crippen LogP contribution >= 0.6 is 15.9 Å². The molecular formula is C13H14BrNO. The van der Waals surface area contributed by atoms with Gasteiger partial charge in [-0.05, 0) is 36.4 Å². The lowest BCUT2D eigenvalue weighted by Gasteiger charge is -2.04. The van der Waals surface area contributed by atoms with E-state index in [4.69, 9.17) is 4.42 Å². The van der Waals surface area contributed by atoms with Crippen LogP contribution in [-0.4, -0.2) is 0 Å². The molecule has 1 aromatic heterocycles. The van der Waals surface area contributed by atoms with E-state index in [0.717, 1.165) is 34.6 Å². The van der Waals surface area contributed by atoms with E-state index < -0.39 is 0 Å². The van der Waals surface area contributed by atoms with Crippen LogP contribution in [0.3, 0.4) is 0 Å². The molecular weight excluding hydrogens is 266 g/mol. The number of rotatable bonds is 4. The van der Waals surface area contributed by atoms with Gasteiger partial charge < -0.3 is 9.73 Å². The molecule has 0 atom stereocenters. The molecule has 0 spiro atoms. The van der Waals surface area contributed by atoms with Crippen LogP contribution < -0.4 is 5.32 Å². The summed E-state index contributed by atoms with van der Waals surface area (Å²) in [5.74, 6) is 2.01. The van der Waals surface area contributed by atoms with E-state index >= 15 is 0 Å². The predicted octanol–water partition coefficient (Wildman–Crippen LogP) is 4.22. The molecule has 0 fully saturated rings. The maximum Gasteiger partial charge on any atom is 0.123 e. The summed E-state index contributed by atoms with van der Waals surface area (Å²) >= 11 is 3.41. The zero-order chi connectivity index (χ0) is 11.4. The molecule has 1 heterocycles. The topological polar surface area (TPSA) is 25.2 Å². The zero-order valence-corrected chi connectivity index (χ0v) is 10.8. The Kier molecular flexibility index (Phi) is 3.67. The first kappa shape index (κ1) is 11.3. The van der Waals surface area contributed by atoms with Gasteiger partial charge in [-0.2, -0.15) is 0 Å². The Balaban J connectivity index is 1.94. The molecule has 0 bridgehead atoms. The highest BCUT2D eigenvalue weighted by molar-refractivity contribution is 9.10. The standard InChI is InChI=1S/C13H14BrNO/c1-2-12-7-8-13(16-12)9-15-11-5-3-10(14)4-6-11/h3-8,15H,2,9H2,1H3. The van der Waals surface area contributed by atoms with Gasteiger partial charge >= 0.3 is 0 Å². The number of aryl methyl sites for hydroxylation is 1. The molecule has 0 saturated carbocycles. The minimum Gasteiger partial charge on any atom is -0.464 e. The SMILES string of the molecule is CCc1ccc(CNc2ccc(Br)cc2)o1. The Morgan fingerprint density at radius 3 is 2.38 bits per heavy atom.